The van der Waals surface area contributed by atoms with Crippen LogP contribution in [0.2, 0.25) is 0 Å². The lowest BCUT2D eigenvalue weighted by molar-refractivity contribution is -0.126. The van der Waals surface area contributed by atoms with E-state index in [4.69, 9.17) is 0 Å². The first-order valence-corrected chi connectivity index (χ1v) is 19.9. The van der Waals surface area contributed by atoms with Gasteiger partial charge >= 0.3 is 0 Å². The number of rotatable bonds is 25. The van der Waals surface area contributed by atoms with Crippen molar-refractivity contribution in [3.8, 4) is 11.5 Å². The van der Waals surface area contributed by atoms with E-state index in [9.17, 15) is 29.4 Å². The number of hydrogen-bond acceptors (Lipinski definition) is 6. The van der Waals surface area contributed by atoms with Crippen LogP contribution in [0.25, 0.3) is 0 Å². The first-order chi connectivity index (χ1) is 25.1. The number of nitrogens with one attached hydrogen (secondary N) is 4. The number of amides is 4. The molecule has 0 aliphatic rings. The number of phenolic OH excluding ortho intramolecular Hbond substituents is 2. The van der Waals surface area contributed by atoms with Crippen molar-refractivity contribution in [3.63, 3.8) is 0 Å². The monoisotopic (exact) mass is 722 g/mol. The lowest BCUT2D eigenvalue weighted by Gasteiger charge is -2.15. The summed E-state index contributed by atoms with van der Waals surface area (Å²) in [6.07, 6.45) is 19.9. The molecule has 290 valence electrons. The number of benzene rings is 2. The van der Waals surface area contributed by atoms with Crippen LogP contribution in [-0.2, 0) is 22.4 Å². The number of aromatic hydroxyl groups is 2. The smallest absolute Gasteiger partial charge is 0.273 e. The molecule has 2 atom stereocenters. The lowest BCUT2D eigenvalue weighted by atomic mass is 9.99. The summed E-state index contributed by atoms with van der Waals surface area (Å²) in [4.78, 5) is 50.6. The van der Waals surface area contributed by atoms with E-state index < -0.39 is 11.8 Å². The topological polar surface area (TPSA) is 157 Å². The van der Waals surface area contributed by atoms with Crippen molar-refractivity contribution in [3.05, 3.63) is 58.7 Å². The summed E-state index contributed by atoms with van der Waals surface area (Å²) in [6.45, 7) is 8.00. The summed E-state index contributed by atoms with van der Waals surface area (Å²) in [7, 11) is 0. The summed E-state index contributed by atoms with van der Waals surface area (Å²) in [5, 5.41) is 21.3. The quantitative estimate of drug-likeness (QED) is 0.0445. The van der Waals surface area contributed by atoms with Crippen LogP contribution in [0, 0.1) is 11.8 Å². The van der Waals surface area contributed by atoms with Gasteiger partial charge in [-0.25, -0.2) is 0 Å². The highest BCUT2D eigenvalue weighted by atomic mass is 16.3. The zero-order valence-corrected chi connectivity index (χ0v) is 32.3. The third-order valence-corrected chi connectivity index (χ3v) is 9.85. The molecule has 0 aromatic heterocycles. The molecule has 2 unspecified atom stereocenters. The maximum Gasteiger partial charge on any atom is 0.273 e. The molecule has 0 saturated carbocycles. The summed E-state index contributed by atoms with van der Waals surface area (Å²) in [6, 6.07) is 10.3. The second kappa shape index (κ2) is 25.8. The number of phenols is 2. The average molecular weight is 723 g/mol. The molecule has 0 heterocycles. The average Bonchev–Trinajstić information content (AvgIpc) is 3.14. The van der Waals surface area contributed by atoms with Gasteiger partial charge in [0.1, 0.15) is 11.5 Å². The Labute approximate surface area is 312 Å². The molecule has 52 heavy (non-hydrogen) atoms. The third kappa shape index (κ3) is 16.5. The van der Waals surface area contributed by atoms with Crippen molar-refractivity contribution in [2.24, 2.45) is 11.8 Å². The van der Waals surface area contributed by atoms with E-state index >= 15 is 0 Å². The van der Waals surface area contributed by atoms with Crippen LogP contribution in [0.1, 0.15) is 175 Å². The molecule has 0 aliphatic heterocycles. The Morgan fingerprint density at radius 3 is 1.23 bits per heavy atom. The van der Waals surface area contributed by atoms with Gasteiger partial charge in [0.15, 0.2) is 0 Å². The van der Waals surface area contributed by atoms with Crippen LogP contribution >= 0.6 is 0 Å². The second-order valence-electron chi connectivity index (χ2n) is 14.3. The summed E-state index contributed by atoms with van der Waals surface area (Å²) in [5.41, 5.74) is 11.6. The van der Waals surface area contributed by atoms with Gasteiger partial charge in [0, 0.05) is 11.8 Å². The zero-order valence-electron chi connectivity index (χ0n) is 32.3. The van der Waals surface area contributed by atoms with E-state index in [0.29, 0.717) is 25.7 Å². The first kappa shape index (κ1) is 44.1. The Bertz CT molecular complexity index is 1280. The van der Waals surface area contributed by atoms with Gasteiger partial charge < -0.3 is 10.2 Å². The van der Waals surface area contributed by atoms with Gasteiger partial charge in [-0.15, -0.1) is 0 Å². The van der Waals surface area contributed by atoms with Crippen LogP contribution in [0.15, 0.2) is 36.4 Å². The molecule has 0 aliphatic carbocycles. The Morgan fingerprint density at radius 2 is 0.846 bits per heavy atom. The van der Waals surface area contributed by atoms with Gasteiger partial charge in [-0.05, 0) is 61.8 Å². The fourth-order valence-corrected chi connectivity index (χ4v) is 6.28. The minimum absolute atomic E-state index is 0.0349. The van der Waals surface area contributed by atoms with Crippen molar-refractivity contribution < 1.29 is 29.4 Å². The Kier molecular flexibility index (Phi) is 21.9. The molecule has 2 aromatic carbocycles. The predicted octanol–water partition coefficient (Wildman–Crippen LogP) is 8.74. The number of hydrogen-bond donors (Lipinski definition) is 6. The second-order valence-corrected chi connectivity index (χ2v) is 14.3. The van der Waals surface area contributed by atoms with E-state index in [1.165, 1.54) is 51.4 Å². The molecule has 0 spiro atoms. The summed E-state index contributed by atoms with van der Waals surface area (Å²) < 4.78 is 0. The van der Waals surface area contributed by atoms with Crippen molar-refractivity contribution in [2.75, 3.05) is 0 Å². The van der Waals surface area contributed by atoms with Crippen LogP contribution in [0.4, 0.5) is 0 Å². The minimum Gasteiger partial charge on any atom is -0.507 e. The van der Waals surface area contributed by atoms with Crippen molar-refractivity contribution in [2.45, 2.75) is 156 Å². The lowest BCUT2D eigenvalue weighted by Crippen LogP contribution is -2.44. The van der Waals surface area contributed by atoms with Crippen LogP contribution in [-0.4, -0.2) is 33.8 Å². The van der Waals surface area contributed by atoms with Crippen molar-refractivity contribution in [1.29, 1.82) is 0 Å². The molecule has 4 amide bonds. The first-order valence-electron chi connectivity index (χ1n) is 19.9. The molecule has 10 heteroatoms. The van der Waals surface area contributed by atoms with Gasteiger partial charge in [-0.2, -0.15) is 0 Å². The molecule has 10 nitrogen and oxygen atoms in total. The Morgan fingerprint density at radius 1 is 0.500 bits per heavy atom. The van der Waals surface area contributed by atoms with Gasteiger partial charge in [-0.1, -0.05) is 142 Å². The fraction of sp³-hybridized carbons (Fsp3) is 0.619. The van der Waals surface area contributed by atoms with Gasteiger partial charge in [-0.3, -0.25) is 40.9 Å². The van der Waals surface area contributed by atoms with Crippen molar-refractivity contribution in [1.82, 2.24) is 21.7 Å². The SMILES string of the molecule is CCCCCCCCc1cccc(C(=O)NNC(=O)C(C)CCCCCCC(C)C(=O)NNC(=O)c2cccc(CCCCCCCC)c2O)c1O. The number of unbranched alkanes of at least 4 members (excludes halogenated alkanes) is 13. The van der Waals surface area contributed by atoms with Crippen LogP contribution in [0.5, 0.6) is 11.5 Å². The largest absolute Gasteiger partial charge is 0.507 e. The third-order valence-electron chi connectivity index (χ3n) is 9.85. The van der Waals surface area contributed by atoms with Crippen LogP contribution in [0.3, 0.4) is 0 Å². The fourth-order valence-electron chi connectivity index (χ4n) is 6.28. The highest BCUT2D eigenvalue weighted by molar-refractivity contribution is 5.99. The molecular formula is C42H66N4O6. The Balaban J connectivity index is 1.62. The van der Waals surface area contributed by atoms with E-state index in [-0.39, 0.29) is 46.3 Å². The van der Waals surface area contributed by atoms with E-state index in [0.717, 1.165) is 62.5 Å². The van der Waals surface area contributed by atoms with E-state index in [2.05, 4.69) is 35.6 Å². The molecular weight excluding hydrogens is 656 g/mol. The normalized spacial score (nSPS) is 12.2. The molecule has 2 aromatic rings. The molecule has 2 rings (SSSR count). The highest BCUT2D eigenvalue weighted by Gasteiger charge is 2.19. The van der Waals surface area contributed by atoms with Gasteiger partial charge in [0.2, 0.25) is 11.8 Å². The summed E-state index contributed by atoms with van der Waals surface area (Å²) in [5.74, 6) is -2.37. The highest BCUT2D eigenvalue weighted by Crippen LogP contribution is 2.26. The van der Waals surface area contributed by atoms with E-state index in [1.54, 1.807) is 24.3 Å². The maximum atomic E-state index is 12.7. The van der Waals surface area contributed by atoms with Gasteiger partial charge in [0.05, 0.1) is 11.1 Å². The van der Waals surface area contributed by atoms with Crippen molar-refractivity contribution >= 4 is 23.6 Å². The molecule has 0 fully saturated rings. The minimum atomic E-state index is -0.549. The van der Waals surface area contributed by atoms with E-state index in [1.807, 2.05) is 26.0 Å². The Hall–Kier alpha value is -4.08. The van der Waals surface area contributed by atoms with Crippen LogP contribution < -0.4 is 21.7 Å². The standard InChI is InChI=1S/C42H66N4O6/c1-5-7-9-11-13-19-25-33-27-21-29-35(37(33)47)41(51)45-43-39(49)31(3)23-17-15-16-18-24-32(4)40(50)44-46-42(52)36-30-22-28-34(38(36)48)26-20-14-12-10-8-6-2/h21-22,27-32,47-48H,5-20,23-26H2,1-4H3,(H,43,49)(H,44,50)(H,45,51)(H,46,52). The number of aryl methyl sites for hydroxylation is 2. The molecule has 0 radical (unpaired) electrons. The predicted molar refractivity (Wildman–Crippen MR) is 208 cm³/mol. The molecule has 0 bridgehead atoms. The molecule has 0 saturated heterocycles. The summed E-state index contributed by atoms with van der Waals surface area (Å²) >= 11 is 0. The number of para-hydroxylation sites is 2. The van der Waals surface area contributed by atoms with Gasteiger partial charge in [0.25, 0.3) is 11.8 Å². The number of carbonyl (C=O) groups excluding carboxylic acids is 4. The number of hydrazine groups is 2. The maximum absolute atomic E-state index is 12.7. The number of carbonyl (C=O) groups is 4. The zero-order chi connectivity index (χ0) is 38.1. The molecule has 6 N–H and O–H groups in total.